The number of H-pyrrole nitrogens is 1. The molecule has 0 saturated heterocycles. The van der Waals surface area contributed by atoms with Crippen LogP contribution in [0.2, 0.25) is 0 Å². The zero-order valence-corrected chi connectivity index (χ0v) is 18.4. The number of aromatic amines is 1. The predicted molar refractivity (Wildman–Crippen MR) is 128 cm³/mol. The second-order valence-electron chi connectivity index (χ2n) is 7.48. The highest BCUT2D eigenvalue weighted by atomic mass is 16.4. The average Bonchev–Trinajstić information content (AvgIpc) is 3.06. The molecule has 0 spiro atoms. The molecule has 166 valence electrons. The first-order valence-corrected chi connectivity index (χ1v) is 10.2. The maximum Gasteiger partial charge on any atom is 0.348 e. The molecule has 0 atom stereocenters. The smallest absolute Gasteiger partial charge is 0.348 e. The van der Waals surface area contributed by atoms with E-state index in [0.29, 0.717) is 28.4 Å². The van der Waals surface area contributed by atoms with Gasteiger partial charge in [0.1, 0.15) is 17.1 Å². The number of para-hydroxylation sites is 3. The van der Waals surface area contributed by atoms with E-state index in [2.05, 4.69) is 15.1 Å². The molecule has 8 heteroatoms. The van der Waals surface area contributed by atoms with Crippen LogP contribution < -0.4 is 11.2 Å². The molecule has 2 aromatic carbocycles. The number of rotatable bonds is 5. The van der Waals surface area contributed by atoms with Crippen LogP contribution in [0.15, 0.2) is 84.7 Å². The van der Waals surface area contributed by atoms with Gasteiger partial charge in [0.05, 0.1) is 28.3 Å². The van der Waals surface area contributed by atoms with Crippen molar-refractivity contribution in [2.24, 2.45) is 9.98 Å². The average molecular weight is 442 g/mol. The molecule has 0 aliphatic rings. The Kier molecular flexibility index (Phi) is 5.91. The van der Waals surface area contributed by atoms with Crippen LogP contribution in [0.5, 0.6) is 5.75 Å². The lowest BCUT2D eigenvalue weighted by Gasteiger charge is -2.05. The quantitative estimate of drug-likeness (QED) is 0.448. The minimum Gasteiger partial charge on any atom is -0.507 e. The summed E-state index contributed by atoms with van der Waals surface area (Å²) in [4.78, 5) is 34.1. The molecule has 0 aliphatic carbocycles. The van der Waals surface area contributed by atoms with Gasteiger partial charge in [-0.3, -0.25) is 19.9 Å². The van der Waals surface area contributed by atoms with Gasteiger partial charge >= 0.3 is 5.63 Å². The minimum absolute atomic E-state index is 0.00777. The maximum absolute atomic E-state index is 12.9. The summed E-state index contributed by atoms with van der Waals surface area (Å²) >= 11 is 0. The van der Waals surface area contributed by atoms with Gasteiger partial charge in [-0.2, -0.15) is 0 Å². The third-order valence-electron chi connectivity index (χ3n) is 5.05. The van der Waals surface area contributed by atoms with E-state index in [1.165, 1.54) is 17.0 Å². The lowest BCUT2D eigenvalue weighted by Crippen LogP contribution is -2.17. The number of aromatic hydroxyl groups is 1. The molecule has 0 bridgehead atoms. The van der Waals surface area contributed by atoms with Crippen molar-refractivity contribution in [1.29, 1.82) is 0 Å². The molecule has 0 radical (unpaired) electrons. The van der Waals surface area contributed by atoms with Gasteiger partial charge in [0.25, 0.3) is 5.56 Å². The summed E-state index contributed by atoms with van der Waals surface area (Å²) in [5.41, 5.74) is 2.18. The number of nitrogens with zero attached hydrogens (tertiary/aromatic N) is 3. The van der Waals surface area contributed by atoms with Gasteiger partial charge in [0, 0.05) is 18.0 Å². The highest BCUT2D eigenvalue weighted by Gasteiger charge is 2.14. The minimum atomic E-state index is -0.667. The summed E-state index contributed by atoms with van der Waals surface area (Å²) in [6, 6.07) is 17.7. The standard InChI is InChI=1S/C25H22N4O4/c1-15-13-22(30)23(25(32)33-15)17(3)27-21-12-8-7-11-20(21)26-14-19-16(2)28-29(24(19)31)18-9-5-4-6-10-18/h4-14,28,30H,1-3H3. The molecule has 0 aliphatic heterocycles. The maximum atomic E-state index is 12.9. The molecular formula is C25H22N4O4. The monoisotopic (exact) mass is 442 g/mol. The Hall–Kier alpha value is -4.46. The van der Waals surface area contributed by atoms with E-state index >= 15 is 0 Å². The van der Waals surface area contributed by atoms with Gasteiger partial charge in [0.15, 0.2) is 0 Å². The summed E-state index contributed by atoms with van der Waals surface area (Å²) in [6.45, 7) is 4.99. The lowest BCUT2D eigenvalue weighted by molar-refractivity contribution is 0.432. The van der Waals surface area contributed by atoms with Crippen LogP contribution >= 0.6 is 0 Å². The van der Waals surface area contributed by atoms with E-state index in [9.17, 15) is 14.7 Å². The zero-order valence-electron chi connectivity index (χ0n) is 18.4. The number of benzene rings is 2. The van der Waals surface area contributed by atoms with Crippen molar-refractivity contribution in [1.82, 2.24) is 9.78 Å². The molecule has 0 saturated carbocycles. The van der Waals surface area contributed by atoms with Crippen LogP contribution in [0, 0.1) is 13.8 Å². The van der Waals surface area contributed by atoms with Gasteiger partial charge < -0.3 is 9.52 Å². The molecule has 0 amide bonds. The predicted octanol–water partition coefficient (Wildman–Crippen LogP) is 4.33. The van der Waals surface area contributed by atoms with Crippen molar-refractivity contribution in [2.45, 2.75) is 20.8 Å². The summed E-state index contributed by atoms with van der Waals surface area (Å²) in [6.07, 6.45) is 1.50. The SMILES string of the molecule is CC(=Nc1ccccc1N=Cc1c(C)[nH]n(-c2ccccc2)c1=O)c1c(O)cc(C)oc1=O. The molecule has 2 N–H and O–H groups in total. The second-order valence-corrected chi connectivity index (χ2v) is 7.48. The Balaban J connectivity index is 1.72. The van der Waals surface area contributed by atoms with Crippen molar-refractivity contribution in [2.75, 3.05) is 0 Å². The first-order chi connectivity index (χ1) is 15.8. The van der Waals surface area contributed by atoms with E-state index in [4.69, 9.17) is 4.42 Å². The van der Waals surface area contributed by atoms with Gasteiger partial charge in [-0.1, -0.05) is 30.3 Å². The summed E-state index contributed by atoms with van der Waals surface area (Å²) in [5, 5.41) is 13.3. The Labute approximate surface area is 189 Å². The van der Waals surface area contributed by atoms with Gasteiger partial charge in [-0.05, 0) is 45.0 Å². The first kappa shape index (κ1) is 21.8. The van der Waals surface area contributed by atoms with E-state index in [-0.39, 0.29) is 22.6 Å². The van der Waals surface area contributed by atoms with Crippen LogP contribution in [-0.4, -0.2) is 26.8 Å². The number of hydrogen-bond acceptors (Lipinski definition) is 6. The molecule has 8 nitrogen and oxygen atoms in total. The van der Waals surface area contributed by atoms with Crippen LogP contribution in [0.1, 0.15) is 29.5 Å². The molecular weight excluding hydrogens is 420 g/mol. The van der Waals surface area contributed by atoms with Crippen LogP contribution in [0.3, 0.4) is 0 Å². The van der Waals surface area contributed by atoms with Crippen molar-refractivity contribution >= 4 is 23.3 Å². The fourth-order valence-corrected chi connectivity index (χ4v) is 3.44. The third kappa shape index (κ3) is 4.45. The fraction of sp³-hybridized carbons (Fsp3) is 0.120. The van der Waals surface area contributed by atoms with Crippen molar-refractivity contribution in [3.05, 3.63) is 104 Å². The van der Waals surface area contributed by atoms with Crippen LogP contribution in [0.25, 0.3) is 5.69 Å². The van der Waals surface area contributed by atoms with Gasteiger partial charge in [0.2, 0.25) is 0 Å². The Morgan fingerprint density at radius 1 is 1.03 bits per heavy atom. The number of aromatic nitrogens is 2. The third-order valence-corrected chi connectivity index (χ3v) is 5.05. The molecule has 2 heterocycles. The molecule has 0 unspecified atom stereocenters. The Morgan fingerprint density at radius 3 is 2.39 bits per heavy atom. The normalized spacial score (nSPS) is 11.9. The van der Waals surface area contributed by atoms with Crippen molar-refractivity contribution in [3.8, 4) is 11.4 Å². The number of hydrogen-bond donors (Lipinski definition) is 2. The molecule has 33 heavy (non-hydrogen) atoms. The Morgan fingerprint density at radius 2 is 1.70 bits per heavy atom. The van der Waals surface area contributed by atoms with E-state index in [0.717, 1.165) is 5.69 Å². The number of aryl methyl sites for hydroxylation is 2. The Bertz CT molecular complexity index is 1490. The summed E-state index contributed by atoms with van der Waals surface area (Å²) in [7, 11) is 0. The zero-order chi connectivity index (χ0) is 23.5. The highest BCUT2D eigenvalue weighted by molar-refractivity contribution is 6.02. The highest BCUT2D eigenvalue weighted by Crippen LogP contribution is 2.28. The molecule has 4 aromatic rings. The topological polar surface area (TPSA) is 113 Å². The molecule has 2 aromatic heterocycles. The molecule has 0 fully saturated rings. The van der Waals surface area contributed by atoms with Crippen molar-refractivity contribution < 1.29 is 9.52 Å². The fourth-order valence-electron chi connectivity index (χ4n) is 3.44. The van der Waals surface area contributed by atoms with E-state index < -0.39 is 5.63 Å². The van der Waals surface area contributed by atoms with Crippen molar-refractivity contribution in [3.63, 3.8) is 0 Å². The first-order valence-electron chi connectivity index (χ1n) is 10.2. The number of aliphatic imine (C=N–C) groups is 2. The second kappa shape index (κ2) is 8.96. The van der Waals surface area contributed by atoms with E-state index in [1.807, 2.05) is 30.3 Å². The van der Waals surface area contributed by atoms with Crippen LogP contribution in [0.4, 0.5) is 11.4 Å². The van der Waals surface area contributed by atoms with E-state index in [1.54, 1.807) is 45.0 Å². The summed E-state index contributed by atoms with van der Waals surface area (Å²) in [5.74, 6) is 0.109. The van der Waals surface area contributed by atoms with Crippen LogP contribution in [-0.2, 0) is 0 Å². The van der Waals surface area contributed by atoms with Gasteiger partial charge in [-0.25, -0.2) is 9.48 Å². The lowest BCUT2D eigenvalue weighted by atomic mass is 10.1. The van der Waals surface area contributed by atoms with Gasteiger partial charge in [-0.15, -0.1) is 0 Å². The number of nitrogens with one attached hydrogen (secondary N) is 1. The largest absolute Gasteiger partial charge is 0.507 e. The molecule has 4 rings (SSSR count). The summed E-state index contributed by atoms with van der Waals surface area (Å²) < 4.78 is 6.54.